The zero-order chi connectivity index (χ0) is 15.3. The maximum absolute atomic E-state index is 12.1. The van der Waals surface area contributed by atoms with Gasteiger partial charge in [-0.15, -0.1) is 0 Å². The minimum absolute atomic E-state index is 0.0811. The standard InChI is InChI=1S/C14H27N3O3/c1-5-10(2)12(13(18)19)15-14(20)17(4)9-11-6-7-16(3)8-11/h10-12H,5-9H2,1-4H3,(H,15,20)(H,18,19)/t10-,11?,12-/m0/s1. The van der Waals surface area contributed by atoms with Crippen LogP contribution in [-0.4, -0.2) is 66.7 Å². The molecule has 6 nitrogen and oxygen atoms in total. The van der Waals surface area contributed by atoms with Crippen molar-refractivity contribution in [2.45, 2.75) is 32.7 Å². The maximum atomic E-state index is 12.1. The number of nitrogens with one attached hydrogen (secondary N) is 1. The smallest absolute Gasteiger partial charge is 0.326 e. The summed E-state index contributed by atoms with van der Waals surface area (Å²) < 4.78 is 0. The van der Waals surface area contributed by atoms with E-state index in [1.807, 2.05) is 13.8 Å². The van der Waals surface area contributed by atoms with E-state index in [-0.39, 0.29) is 11.9 Å². The third-order valence-corrected chi connectivity index (χ3v) is 4.13. The van der Waals surface area contributed by atoms with Gasteiger partial charge in [-0.2, -0.15) is 0 Å². The molecule has 0 radical (unpaired) electrons. The molecule has 20 heavy (non-hydrogen) atoms. The van der Waals surface area contributed by atoms with E-state index in [1.165, 1.54) is 0 Å². The highest BCUT2D eigenvalue weighted by Gasteiger charge is 2.28. The predicted molar refractivity (Wildman–Crippen MR) is 77.6 cm³/mol. The molecule has 1 rings (SSSR count). The van der Waals surface area contributed by atoms with Crippen molar-refractivity contribution < 1.29 is 14.7 Å². The number of carboxylic acids is 1. The van der Waals surface area contributed by atoms with E-state index in [9.17, 15) is 14.7 Å². The fraction of sp³-hybridized carbons (Fsp3) is 0.857. The third-order valence-electron chi connectivity index (χ3n) is 4.13. The minimum Gasteiger partial charge on any atom is -0.480 e. The summed E-state index contributed by atoms with van der Waals surface area (Å²) in [6.45, 7) is 6.48. The van der Waals surface area contributed by atoms with Crippen LogP contribution in [0.25, 0.3) is 0 Å². The van der Waals surface area contributed by atoms with E-state index < -0.39 is 12.0 Å². The second-order valence-electron chi connectivity index (χ2n) is 5.95. The predicted octanol–water partition coefficient (Wildman–Crippen LogP) is 1.08. The quantitative estimate of drug-likeness (QED) is 0.766. The number of carbonyl (C=O) groups excluding carboxylic acids is 1. The number of hydrogen-bond donors (Lipinski definition) is 2. The highest BCUT2D eigenvalue weighted by Crippen LogP contribution is 2.15. The first-order valence-electron chi connectivity index (χ1n) is 7.28. The Balaban J connectivity index is 2.49. The summed E-state index contributed by atoms with van der Waals surface area (Å²) in [6, 6.07) is -1.12. The molecular weight excluding hydrogens is 258 g/mol. The molecule has 0 aromatic carbocycles. The van der Waals surface area contributed by atoms with Crippen molar-refractivity contribution in [3.05, 3.63) is 0 Å². The van der Waals surface area contributed by atoms with Gasteiger partial charge in [0.25, 0.3) is 0 Å². The number of rotatable bonds is 6. The lowest BCUT2D eigenvalue weighted by Crippen LogP contribution is -2.50. The van der Waals surface area contributed by atoms with Crippen LogP contribution in [0.2, 0.25) is 0 Å². The molecule has 1 fully saturated rings. The lowest BCUT2D eigenvalue weighted by molar-refractivity contribution is -0.140. The Morgan fingerprint density at radius 1 is 1.50 bits per heavy atom. The average Bonchev–Trinajstić information content (AvgIpc) is 2.79. The van der Waals surface area contributed by atoms with Gasteiger partial charge in [-0.25, -0.2) is 9.59 Å². The zero-order valence-corrected chi connectivity index (χ0v) is 12.9. The number of carbonyl (C=O) groups is 2. The van der Waals surface area contributed by atoms with Crippen LogP contribution >= 0.6 is 0 Å². The highest BCUT2D eigenvalue weighted by atomic mass is 16.4. The molecule has 0 aromatic heterocycles. The van der Waals surface area contributed by atoms with Gasteiger partial charge < -0.3 is 20.2 Å². The number of carboxylic acid groups (broad SMARTS) is 1. The molecular formula is C14H27N3O3. The van der Waals surface area contributed by atoms with Gasteiger partial charge in [0.1, 0.15) is 6.04 Å². The first-order chi connectivity index (χ1) is 9.35. The second-order valence-corrected chi connectivity index (χ2v) is 5.95. The molecule has 1 aliphatic rings. The summed E-state index contributed by atoms with van der Waals surface area (Å²) in [5.41, 5.74) is 0. The molecule has 0 aromatic rings. The number of nitrogens with zero attached hydrogens (tertiary/aromatic N) is 2. The lowest BCUT2D eigenvalue weighted by atomic mass is 9.99. The Hall–Kier alpha value is -1.30. The van der Waals surface area contributed by atoms with Crippen LogP contribution in [0.3, 0.4) is 0 Å². The summed E-state index contributed by atoms with van der Waals surface area (Å²) in [7, 11) is 3.80. The van der Waals surface area contributed by atoms with Gasteiger partial charge in [-0.3, -0.25) is 0 Å². The van der Waals surface area contributed by atoms with Crippen molar-refractivity contribution in [1.82, 2.24) is 15.1 Å². The second kappa shape index (κ2) is 7.47. The van der Waals surface area contributed by atoms with E-state index >= 15 is 0 Å². The minimum atomic E-state index is -0.971. The van der Waals surface area contributed by atoms with Crippen molar-refractivity contribution in [1.29, 1.82) is 0 Å². The molecule has 1 aliphatic heterocycles. The molecule has 3 atom stereocenters. The number of hydrogen-bond acceptors (Lipinski definition) is 3. The monoisotopic (exact) mass is 285 g/mol. The van der Waals surface area contributed by atoms with Gasteiger partial charge in [0, 0.05) is 20.1 Å². The van der Waals surface area contributed by atoms with Crippen molar-refractivity contribution in [2.24, 2.45) is 11.8 Å². The van der Waals surface area contributed by atoms with Gasteiger partial charge in [0.15, 0.2) is 0 Å². The van der Waals surface area contributed by atoms with Crippen molar-refractivity contribution in [2.75, 3.05) is 33.7 Å². The Morgan fingerprint density at radius 3 is 2.60 bits per heavy atom. The van der Waals surface area contributed by atoms with E-state index in [1.54, 1.807) is 11.9 Å². The number of urea groups is 1. The first kappa shape index (κ1) is 16.8. The topological polar surface area (TPSA) is 72.9 Å². The summed E-state index contributed by atoms with van der Waals surface area (Å²) in [5, 5.41) is 11.8. The molecule has 0 aliphatic carbocycles. The highest BCUT2D eigenvalue weighted by molar-refractivity contribution is 5.82. The van der Waals surface area contributed by atoms with Crippen molar-refractivity contribution in [3.8, 4) is 0 Å². The third kappa shape index (κ3) is 4.67. The van der Waals surface area contributed by atoms with Crippen LogP contribution in [0.1, 0.15) is 26.7 Å². The molecule has 1 unspecified atom stereocenters. The molecule has 6 heteroatoms. The summed E-state index contributed by atoms with van der Waals surface area (Å²) in [6.07, 6.45) is 1.80. The Bertz CT molecular complexity index is 349. The summed E-state index contributed by atoms with van der Waals surface area (Å²) >= 11 is 0. The maximum Gasteiger partial charge on any atom is 0.326 e. The van der Waals surface area contributed by atoms with Gasteiger partial charge in [0.05, 0.1) is 0 Å². The lowest BCUT2D eigenvalue weighted by Gasteiger charge is -2.26. The van der Waals surface area contributed by atoms with Crippen LogP contribution in [0, 0.1) is 11.8 Å². The largest absolute Gasteiger partial charge is 0.480 e. The molecule has 2 N–H and O–H groups in total. The number of likely N-dealkylation sites (tertiary alicyclic amines) is 1. The van der Waals surface area contributed by atoms with Crippen LogP contribution < -0.4 is 5.32 Å². The molecule has 2 amide bonds. The molecule has 1 heterocycles. The molecule has 0 bridgehead atoms. The molecule has 0 spiro atoms. The van der Waals surface area contributed by atoms with E-state index in [0.717, 1.165) is 19.5 Å². The van der Waals surface area contributed by atoms with Crippen molar-refractivity contribution in [3.63, 3.8) is 0 Å². The number of amides is 2. The zero-order valence-electron chi connectivity index (χ0n) is 12.9. The Kier molecular flexibility index (Phi) is 6.26. The van der Waals surface area contributed by atoms with E-state index in [2.05, 4.69) is 17.3 Å². The Labute approximate surface area is 121 Å². The van der Waals surface area contributed by atoms with Crippen LogP contribution in [0.4, 0.5) is 4.79 Å². The van der Waals surface area contributed by atoms with E-state index in [0.29, 0.717) is 18.9 Å². The van der Waals surface area contributed by atoms with E-state index in [4.69, 9.17) is 0 Å². The Morgan fingerprint density at radius 2 is 2.15 bits per heavy atom. The summed E-state index contributed by atoms with van der Waals surface area (Å²) in [4.78, 5) is 27.1. The van der Waals surface area contributed by atoms with Gasteiger partial charge in [0.2, 0.25) is 0 Å². The SMILES string of the molecule is CC[C@H](C)[C@H](NC(=O)N(C)CC1CCN(C)C1)C(=O)O. The molecule has 116 valence electrons. The average molecular weight is 285 g/mol. The van der Waals surface area contributed by atoms with Crippen LogP contribution in [0.5, 0.6) is 0 Å². The van der Waals surface area contributed by atoms with Gasteiger partial charge in [-0.1, -0.05) is 20.3 Å². The van der Waals surface area contributed by atoms with Crippen molar-refractivity contribution >= 4 is 12.0 Å². The fourth-order valence-electron chi connectivity index (χ4n) is 2.57. The number of aliphatic carboxylic acids is 1. The molecule has 0 saturated carbocycles. The molecule has 1 saturated heterocycles. The van der Waals surface area contributed by atoms with Crippen LogP contribution in [0.15, 0.2) is 0 Å². The van der Waals surface area contributed by atoms with Gasteiger partial charge in [-0.05, 0) is 31.8 Å². The van der Waals surface area contributed by atoms with Crippen LogP contribution in [-0.2, 0) is 4.79 Å². The summed E-state index contributed by atoms with van der Waals surface area (Å²) in [5.74, 6) is -0.577. The van der Waals surface area contributed by atoms with Gasteiger partial charge >= 0.3 is 12.0 Å². The fourth-order valence-corrected chi connectivity index (χ4v) is 2.57. The normalized spacial score (nSPS) is 22.3. The first-order valence-corrected chi connectivity index (χ1v) is 7.28.